The fourth-order valence-corrected chi connectivity index (χ4v) is 4.32. The number of H-pyrrole nitrogens is 1. The summed E-state index contributed by atoms with van der Waals surface area (Å²) in [5.74, 6) is 1.17. The summed E-state index contributed by atoms with van der Waals surface area (Å²) in [6.45, 7) is 4.77. The average Bonchev–Trinajstić information content (AvgIpc) is 2.97. The summed E-state index contributed by atoms with van der Waals surface area (Å²) in [6, 6.07) is 0. The quantitative estimate of drug-likeness (QED) is 0.537. The number of rotatable bonds is 7. The highest BCUT2D eigenvalue weighted by atomic mass is 32.2. The zero-order chi connectivity index (χ0) is 16.9. The number of hydrogen-bond donors (Lipinski definition) is 2. The summed E-state index contributed by atoms with van der Waals surface area (Å²) in [5.41, 5.74) is 0. The van der Waals surface area contributed by atoms with Gasteiger partial charge in [0.1, 0.15) is 5.82 Å². The van der Waals surface area contributed by atoms with E-state index in [4.69, 9.17) is 0 Å². The van der Waals surface area contributed by atoms with Crippen LogP contribution in [0.5, 0.6) is 0 Å². The Balaban J connectivity index is 1.74. The molecule has 130 valence electrons. The van der Waals surface area contributed by atoms with Crippen LogP contribution in [0.15, 0.2) is 5.16 Å². The number of nitrogens with one attached hydrogen (secondary N) is 2. The van der Waals surface area contributed by atoms with E-state index in [1.807, 2.05) is 6.92 Å². The minimum Gasteiger partial charge on any atom is -0.355 e. The number of aryl methyl sites for hydroxylation is 1. The van der Waals surface area contributed by atoms with Gasteiger partial charge in [-0.3, -0.25) is 9.89 Å². The zero-order valence-corrected chi connectivity index (χ0v) is 15.0. The van der Waals surface area contributed by atoms with Crippen LogP contribution in [0.4, 0.5) is 0 Å². The van der Waals surface area contributed by atoms with E-state index >= 15 is 0 Å². The van der Waals surface area contributed by atoms with Crippen LogP contribution >= 0.6 is 11.8 Å². The number of aromatic amines is 1. The Kier molecular flexibility index (Phi) is 6.42. The number of sulfonamides is 1. The third kappa shape index (κ3) is 5.18. The molecule has 0 saturated carbocycles. The van der Waals surface area contributed by atoms with Gasteiger partial charge in [0.25, 0.3) is 0 Å². The van der Waals surface area contributed by atoms with Gasteiger partial charge in [0.2, 0.25) is 21.1 Å². The molecule has 1 aromatic rings. The SMILES string of the molecule is CCS(=O)(=O)N1CCCC(C(=O)NCCSc2n[nH]c(C)n2)C1. The molecular weight excluding hydrogens is 338 g/mol. The molecule has 1 aromatic heterocycles. The lowest BCUT2D eigenvalue weighted by molar-refractivity contribution is -0.125. The molecule has 1 aliphatic rings. The number of amides is 1. The third-order valence-corrected chi connectivity index (χ3v) is 6.42. The van der Waals surface area contributed by atoms with E-state index in [0.717, 1.165) is 18.7 Å². The van der Waals surface area contributed by atoms with E-state index in [1.165, 1.54) is 16.1 Å². The van der Waals surface area contributed by atoms with Crippen LogP contribution in [-0.4, -0.2) is 65.0 Å². The molecule has 1 saturated heterocycles. The number of nitrogens with zero attached hydrogens (tertiary/aromatic N) is 3. The van der Waals surface area contributed by atoms with Crippen LogP contribution in [-0.2, 0) is 14.8 Å². The smallest absolute Gasteiger partial charge is 0.224 e. The van der Waals surface area contributed by atoms with Crippen molar-refractivity contribution in [1.29, 1.82) is 0 Å². The van der Waals surface area contributed by atoms with E-state index in [0.29, 0.717) is 24.0 Å². The molecule has 2 heterocycles. The van der Waals surface area contributed by atoms with Gasteiger partial charge in [-0.2, -0.15) is 0 Å². The molecule has 0 bridgehead atoms. The number of piperidine rings is 1. The lowest BCUT2D eigenvalue weighted by Gasteiger charge is -2.30. The van der Waals surface area contributed by atoms with Crippen LogP contribution in [0.25, 0.3) is 0 Å². The van der Waals surface area contributed by atoms with E-state index in [2.05, 4.69) is 20.5 Å². The van der Waals surface area contributed by atoms with Crippen molar-refractivity contribution in [3.05, 3.63) is 5.82 Å². The first-order chi connectivity index (χ1) is 10.9. The van der Waals surface area contributed by atoms with Gasteiger partial charge in [-0.25, -0.2) is 17.7 Å². The van der Waals surface area contributed by atoms with E-state index < -0.39 is 10.0 Å². The number of hydrogen-bond acceptors (Lipinski definition) is 6. The van der Waals surface area contributed by atoms with Gasteiger partial charge in [0.05, 0.1) is 11.7 Å². The summed E-state index contributed by atoms with van der Waals surface area (Å²) in [5, 5.41) is 10.3. The Morgan fingerprint density at radius 3 is 2.96 bits per heavy atom. The van der Waals surface area contributed by atoms with Crippen LogP contribution in [0.3, 0.4) is 0 Å². The first kappa shape index (κ1) is 18.2. The van der Waals surface area contributed by atoms with Crippen molar-refractivity contribution in [1.82, 2.24) is 24.8 Å². The number of aromatic nitrogens is 3. The molecule has 2 N–H and O–H groups in total. The highest BCUT2D eigenvalue weighted by molar-refractivity contribution is 7.99. The lowest BCUT2D eigenvalue weighted by Crippen LogP contribution is -2.46. The lowest BCUT2D eigenvalue weighted by atomic mass is 9.99. The molecule has 23 heavy (non-hydrogen) atoms. The first-order valence-electron chi connectivity index (χ1n) is 7.69. The van der Waals surface area contributed by atoms with Gasteiger partial charge in [0.15, 0.2) is 0 Å². The Hall–Kier alpha value is -1.13. The summed E-state index contributed by atoms with van der Waals surface area (Å²) < 4.78 is 25.3. The largest absolute Gasteiger partial charge is 0.355 e. The number of carbonyl (C=O) groups is 1. The van der Waals surface area contributed by atoms with Crippen LogP contribution in [0, 0.1) is 12.8 Å². The first-order valence-corrected chi connectivity index (χ1v) is 10.3. The predicted molar refractivity (Wildman–Crippen MR) is 88.6 cm³/mol. The molecule has 0 aliphatic carbocycles. The van der Waals surface area contributed by atoms with Crippen molar-refractivity contribution in [3.8, 4) is 0 Å². The second-order valence-electron chi connectivity index (χ2n) is 5.44. The minimum atomic E-state index is -3.22. The maximum absolute atomic E-state index is 12.2. The molecule has 1 fully saturated rings. The highest BCUT2D eigenvalue weighted by Gasteiger charge is 2.31. The van der Waals surface area contributed by atoms with Gasteiger partial charge >= 0.3 is 0 Å². The van der Waals surface area contributed by atoms with Crippen LogP contribution < -0.4 is 5.32 Å². The molecule has 2 rings (SSSR count). The van der Waals surface area contributed by atoms with Gasteiger partial charge in [-0.1, -0.05) is 11.8 Å². The van der Waals surface area contributed by atoms with Gasteiger partial charge in [-0.15, -0.1) is 5.10 Å². The normalized spacial score (nSPS) is 19.7. The molecule has 8 nitrogen and oxygen atoms in total. The molecule has 1 atom stereocenters. The topological polar surface area (TPSA) is 108 Å². The molecule has 1 unspecified atom stereocenters. The van der Waals surface area contributed by atoms with Crippen molar-refractivity contribution in [2.75, 3.05) is 31.1 Å². The molecular formula is C13H23N5O3S2. The fraction of sp³-hybridized carbons (Fsp3) is 0.769. The molecule has 10 heteroatoms. The monoisotopic (exact) mass is 361 g/mol. The van der Waals surface area contributed by atoms with Crippen molar-refractivity contribution in [2.24, 2.45) is 5.92 Å². The van der Waals surface area contributed by atoms with Gasteiger partial charge in [0, 0.05) is 25.4 Å². The van der Waals surface area contributed by atoms with Crippen molar-refractivity contribution >= 4 is 27.7 Å². The molecule has 1 amide bonds. The Bertz CT molecular complexity index is 631. The Labute approximate surface area is 140 Å². The van der Waals surface area contributed by atoms with Crippen LogP contribution in [0.1, 0.15) is 25.6 Å². The van der Waals surface area contributed by atoms with E-state index in [1.54, 1.807) is 6.92 Å². The zero-order valence-electron chi connectivity index (χ0n) is 13.4. The predicted octanol–water partition coefficient (Wildman–Crippen LogP) is 0.383. The highest BCUT2D eigenvalue weighted by Crippen LogP contribution is 2.19. The van der Waals surface area contributed by atoms with E-state index in [-0.39, 0.29) is 24.1 Å². The van der Waals surface area contributed by atoms with E-state index in [9.17, 15) is 13.2 Å². The second kappa shape index (κ2) is 8.11. The molecule has 0 radical (unpaired) electrons. The molecule has 0 spiro atoms. The molecule has 1 aliphatic heterocycles. The summed E-state index contributed by atoms with van der Waals surface area (Å²) in [6.07, 6.45) is 1.46. The number of thioether (sulfide) groups is 1. The van der Waals surface area contributed by atoms with Crippen molar-refractivity contribution in [3.63, 3.8) is 0 Å². The summed E-state index contributed by atoms with van der Waals surface area (Å²) >= 11 is 1.46. The Morgan fingerprint density at radius 1 is 1.52 bits per heavy atom. The second-order valence-corrected chi connectivity index (χ2v) is 8.76. The fourth-order valence-electron chi connectivity index (χ4n) is 2.44. The third-order valence-electron chi connectivity index (χ3n) is 3.72. The number of carbonyl (C=O) groups excluding carboxylic acids is 1. The average molecular weight is 361 g/mol. The summed E-state index contributed by atoms with van der Waals surface area (Å²) in [7, 11) is -3.22. The maximum Gasteiger partial charge on any atom is 0.224 e. The minimum absolute atomic E-state index is 0.0761. The van der Waals surface area contributed by atoms with Gasteiger partial charge in [-0.05, 0) is 26.7 Å². The van der Waals surface area contributed by atoms with Crippen molar-refractivity contribution in [2.45, 2.75) is 31.8 Å². The summed E-state index contributed by atoms with van der Waals surface area (Å²) in [4.78, 5) is 16.4. The molecule has 0 aromatic carbocycles. The van der Waals surface area contributed by atoms with Crippen molar-refractivity contribution < 1.29 is 13.2 Å². The standard InChI is InChI=1S/C13H23N5O3S2/c1-3-23(20,21)18-7-4-5-11(9-18)12(19)14-6-8-22-13-15-10(2)16-17-13/h11H,3-9H2,1-2H3,(H,14,19)(H,15,16,17). The van der Waals surface area contributed by atoms with Gasteiger partial charge < -0.3 is 5.32 Å². The Morgan fingerprint density at radius 2 is 2.30 bits per heavy atom. The van der Waals surface area contributed by atoms with Crippen LogP contribution in [0.2, 0.25) is 0 Å². The maximum atomic E-state index is 12.2.